The van der Waals surface area contributed by atoms with Crippen LogP contribution in [0.1, 0.15) is 47.4 Å². The van der Waals surface area contributed by atoms with Gasteiger partial charge in [-0.05, 0) is 51.7 Å². The van der Waals surface area contributed by atoms with Crippen LogP contribution in [-0.4, -0.2) is 36.2 Å². The number of carbonyl (C=O) groups excluding carboxylic acids is 1. The van der Waals surface area contributed by atoms with Crippen LogP contribution in [0.4, 0.5) is 0 Å². The minimum absolute atomic E-state index is 0.0886. The summed E-state index contributed by atoms with van der Waals surface area (Å²) in [5.41, 5.74) is 8.17. The highest BCUT2D eigenvalue weighted by Crippen LogP contribution is 2.19. The van der Waals surface area contributed by atoms with Gasteiger partial charge in [0, 0.05) is 18.3 Å². The number of nitrogens with two attached hydrogens (primary N) is 1. The van der Waals surface area contributed by atoms with E-state index in [0.29, 0.717) is 30.9 Å². The molecule has 1 aromatic heterocycles. The zero-order chi connectivity index (χ0) is 15.2. The normalized spacial score (nSPS) is 22.0. The maximum Gasteiger partial charge on any atom is 0.253 e. The Morgan fingerprint density at radius 1 is 1.33 bits per heavy atom. The van der Waals surface area contributed by atoms with E-state index in [2.05, 4.69) is 10.3 Å². The van der Waals surface area contributed by atoms with E-state index in [1.165, 1.54) is 0 Å². The molecule has 5 heteroatoms. The average Bonchev–Trinajstić information content (AvgIpc) is 2.45. The van der Waals surface area contributed by atoms with Gasteiger partial charge in [0.15, 0.2) is 0 Å². The first-order valence-corrected chi connectivity index (χ1v) is 7.66. The highest BCUT2D eigenvalue weighted by atomic mass is 16.5. The van der Waals surface area contributed by atoms with Crippen molar-refractivity contribution < 1.29 is 9.53 Å². The Hall–Kier alpha value is -1.46. The molecule has 21 heavy (non-hydrogen) atoms. The van der Waals surface area contributed by atoms with E-state index in [1.54, 1.807) is 0 Å². The number of hydrogen-bond donors (Lipinski definition) is 2. The predicted molar refractivity (Wildman–Crippen MR) is 82.2 cm³/mol. The van der Waals surface area contributed by atoms with E-state index in [9.17, 15) is 4.79 Å². The third-order valence-electron chi connectivity index (χ3n) is 3.93. The van der Waals surface area contributed by atoms with Crippen LogP contribution in [0.5, 0.6) is 0 Å². The molecule has 116 valence electrons. The summed E-state index contributed by atoms with van der Waals surface area (Å²) in [6.45, 7) is 4.83. The number of aromatic nitrogens is 1. The quantitative estimate of drug-likeness (QED) is 0.810. The first-order chi connectivity index (χ1) is 10.1. The van der Waals surface area contributed by atoms with Crippen molar-refractivity contribution in [1.29, 1.82) is 0 Å². The van der Waals surface area contributed by atoms with Crippen molar-refractivity contribution in [2.75, 3.05) is 13.2 Å². The van der Waals surface area contributed by atoms with Crippen LogP contribution in [-0.2, 0) is 4.74 Å². The lowest BCUT2D eigenvalue weighted by Gasteiger charge is -2.26. The van der Waals surface area contributed by atoms with Crippen LogP contribution in [0.2, 0.25) is 0 Å². The Balaban J connectivity index is 1.69. The molecule has 0 aliphatic heterocycles. The molecule has 0 aromatic carbocycles. The summed E-state index contributed by atoms with van der Waals surface area (Å²) in [5.74, 6) is -0.0886. The van der Waals surface area contributed by atoms with E-state index in [-0.39, 0.29) is 5.91 Å². The van der Waals surface area contributed by atoms with E-state index in [0.717, 1.165) is 37.1 Å². The van der Waals surface area contributed by atoms with Gasteiger partial charge in [0.05, 0.1) is 24.0 Å². The molecule has 1 saturated carbocycles. The fourth-order valence-electron chi connectivity index (χ4n) is 2.67. The molecule has 3 N–H and O–H groups in total. The molecular weight excluding hydrogens is 266 g/mol. The Morgan fingerprint density at radius 2 is 2.05 bits per heavy atom. The zero-order valence-electron chi connectivity index (χ0n) is 12.9. The number of hydrogen-bond acceptors (Lipinski definition) is 4. The Morgan fingerprint density at radius 3 is 2.71 bits per heavy atom. The number of nitrogens with zero attached hydrogens (tertiary/aromatic N) is 1. The fraction of sp³-hybridized carbons (Fsp3) is 0.625. The molecule has 5 nitrogen and oxygen atoms in total. The van der Waals surface area contributed by atoms with Crippen LogP contribution in [0, 0.1) is 13.8 Å². The SMILES string of the molecule is Cc1ccc(C(=O)NCCOC2CCC(N)CC2)c(C)n1. The second-order valence-corrected chi connectivity index (χ2v) is 5.75. The molecule has 1 amide bonds. The number of carbonyl (C=O) groups is 1. The van der Waals surface area contributed by atoms with Gasteiger partial charge in [-0.1, -0.05) is 0 Å². The molecular formula is C16H25N3O2. The second-order valence-electron chi connectivity index (χ2n) is 5.75. The van der Waals surface area contributed by atoms with E-state index < -0.39 is 0 Å². The Bertz CT molecular complexity index is 482. The molecule has 0 radical (unpaired) electrons. The second kappa shape index (κ2) is 7.52. The van der Waals surface area contributed by atoms with Gasteiger partial charge >= 0.3 is 0 Å². The lowest BCUT2D eigenvalue weighted by atomic mass is 9.94. The molecule has 1 aliphatic rings. The van der Waals surface area contributed by atoms with Crippen LogP contribution in [0.15, 0.2) is 12.1 Å². The molecule has 1 heterocycles. The van der Waals surface area contributed by atoms with Crippen molar-refractivity contribution in [3.8, 4) is 0 Å². The van der Waals surface area contributed by atoms with Crippen LogP contribution >= 0.6 is 0 Å². The van der Waals surface area contributed by atoms with E-state index >= 15 is 0 Å². The third-order valence-corrected chi connectivity index (χ3v) is 3.93. The van der Waals surface area contributed by atoms with Crippen molar-refractivity contribution in [3.63, 3.8) is 0 Å². The zero-order valence-corrected chi connectivity index (χ0v) is 12.9. The number of pyridine rings is 1. The highest BCUT2D eigenvalue weighted by Gasteiger charge is 2.18. The topological polar surface area (TPSA) is 77.2 Å². The highest BCUT2D eigenvalue weighted by molar-refractivity contribution is 5.95. The summed E-state index contributed by atoms with van der Waals surface area (Å²) < 4.78 is 5.78. The maximum absolute atomic E-state index is 12.0. The van der Waals surface area contributed by atoms with Gasteiger partial charge in [-0.3, -0.25) is 9.78 Å². The van der Waals surface area contributed by atoms with Gasteiger partial charge in [-0.15, -0.1) is 0 Å². The summed E-state index contributed by atoms with van der Waals surface area (Å²) in [6.07, 6.45) is 4.41. The minimum Gasteiger partial charge on any atom is -0.376 e. The standard InChI is InChI=1S/C16H25N3O2/c1-11-3-8-15(12(2)19-11)16(20)18-9-10-21-14-6-4-13(17)5-7-14/h3,8,13-14H,4-7,9-10,17H2,1-2H3,(H,18,20). The number of amides is 1. The van der Waals surface area contributed by atoms with Crippen molar-refractivity contribution >= 4 is 5.91 Å². The largest absolute Gasteiger partial charge is 0.376 e. The van der Waals surface area contributed by atoms with Crippen LogP contribution in [0.3, 0.4) is 0 Å². The molecule has 0 unspecified atom stereocenters. The van der Waals surface area contributed by atoms with Gasteiger partial charge in [0.25, 0.3) is 5.91 Å². The Kier molecular flexibility index (Phi) is 5.70. The summed E-state index contributed by atoms with van der Waals surface area (Å²) in [4.78, 5) is 16.3. The molecule has 0 atom stereocenters. The predicted octanol–water partition coefficient (Wildman–Crippen LogP) is 1.71. The first kappa shape index (κ1) is 15.9. The molecule has 1 aliphatic carbocycles. The van der Waals surface area contributed by atoms with Gasteiger partial charge in [0.1, 0.15) is 0 Å². The van der Waals surface area contributed by atoms with Crippen molar-refractivity contribution in [2.45, 2.75) is 51.7 Å². The number of aryl methyl sites for hydroxylation is 2. The molecule has 1 aromatic rings. The average molecular weight is 291 g/mol. The van der Waals surface area contributed by atoms with Crippen molar-refractivity contribution in [2.24, 2.45) is 5.73 Å². The monoisotopic (exact) mass is 291 g/mol. The Labute approximate surface area is 126 Å². The molecule has 2 rings (SSSR count). The third kappa shape index (κ3) is 4.79. The molecule has 0 bridgehead atoms. The van der Waals surface area contributed by atoms with Gasteiger partial charge in [-0.2, -0.15) is 0 Å². The number of rotatable bonds is 5. The maximum atomic E-state index is 12.0. The van der Waals surface area contributed by atoms with E-state index in [1.807, 2.05) is 26.0 Å². The first-order valence-electron chi connectivity index (χ1n) is 7.66. The van der Waals surface area contributed by atoms with E-state index in [4.69, 9.17) is 10.5 Å². The minimum atomic E-state index is -0.0886. The van der Waals surface area contributed by atoms with Gasteiger partial charge in [-0.25, -0.2) is 0 Å². The van der Waals surface area contributed by atoms with Crippen LogP contribution in [0.25, 0.3) is 0 Å². The smallest absolute Gasteiger partial charge is 0.253 e. The lowest BCUT2D eigenvalue weighted by Crippen LogP contribution is -2.33. The molecule has 0 spiro atoms. The van der Waals surface area contributed by atoms with Crippen molar-refractivity contribution in [1.82, 2.24) is 10.3 Å². The van der Waals surface area contributed by atoms with Crippen LogP contribution < -0.4 is 11.1 Å². The summed E-state index contributed by atoms with van der Waals surface area (Å²) >= 11 is 0. The number of ether oxygens (including phenoxy) is 1. The van der Waals surface area contributed by atoms with Gasteiger partial charge in [0.2, 0.25) is 0 Å². The van der Waals surface area contributed by atoms with Gasteiger partial charge < -0.3 is 15.8 Å². The summed E-state index contributed by atoms with van der Waals surface area (Å²) in [7, 11) is 0. The summed E-state index contributed by atoms with van der Waals surface area (Å²) in [5, 5.41) is 2.88. The van der Waals surface area contributed by atoms with Crippen molar-refractivity contribution in [3.05, 3.63) is 29.1 Å². The fourth-order valence-corrected chi connectivity index (χ4v) is 2.67. The lowest BCUT2D eigenvalue weighted by molar-refractivity contribution is 0.0267. The summed E-state index contributed by atoms with van der Waals surface area (Å²) in [6, 6.07) is 4.00. The molecule has 1 fully saturated rings. The molecule has 0 saturated heterocycles. The number of nitrogens with one attached hydrogen (secondary N) is 1.